The van der Waals surface area contributed by atoms with Crippen LogP contribution in [0.2, 0.25) is 0 Å². The summed E-state index contributed by atoms with van der Waals surface area (Å²) in [6.45, 7) is 1.90. The van der Waals surface area contributed by atoms with Crippen LogP contribution in [0.1, 0.15) is 11.3 Å². The molecular weight excluding hydrogens is 272 g/mol. The zero-order valence-corrected chi connectivity index (χ0v) is 11.7. The SMILES string of the molecule is Cl.c1ccc(-c2cc3nc4c(cn3n2)CNCC4)cc1. The highest BCUT2D eigenvalue weighted by Crippen LogP contribution is 2.20. The highest BCUT2D eigenvalue weighted by Gasteiger charge is 2.13. The average molecular weight is 287 g/mol. The average Bonchev–Trinajstić information content (AvgIpc) is 2.88. The van der Waals surface area contributed by atoms with Crippen LogP contribution in [0.4, 0.5) is 0 Å². The van der Waals surface area contributed by atoms with Gasteiger partial charge in [0.2, 0.25) is 0 Å². The standard InChI is InChI=1S/C15H14N4.ClH/c1-2-4-11(5-3-1)14-8-15-17-13-6-7-16-9-12(13)10-19(15)18-14;/h1-5,8,10,16H,6-7,9H2;1H. The van der Waals surface area contributed by atoms with E-state index in [1.54, 1.807) is 0 Å². The van der Waals surface area contributed by atoms with E-state index in [4.69, 9.17) is 4.98 Å². The Kier molecular flexibility index (Phi) is 3.42. The Hall–Kier alpha value is -1.91. The van der Waals surface area contributed by atoms with Crippen LogP contribution in [-0.2, 0) is 13.0 Å². The Morgan fingerprint density at radius 2 is 2.00 bits per heavy atom. The number of aromatic nitrogens is 3. The Morgan fingerprint density at radius 3 is 2.85 bits per heavy atom. The molecule has 0 radical (unpaired) electrons. The second-order valence-electron chi connectivity index (χ2n) is 4.84. The second kappa shape index (κ2) is 5.23. The molecule has 20 heavy (non-hydrogen) atoms. The van der Waals surface area contributed by atoms with E-state index < -0.39 is 0 Å². The highest BCUT2D eigenvalue weighted by molar-refractivity contribution is 5.85. The van der Waals surface area contributed by atoms with Crippen LogP contribution in [0.3, 0.4) is 0 Å². The summed E-state index contributed by atoms with van der Waals surface area (Å²) in [4.78, 5) is 4.72. The number of hydrogen-bond donors (Lipinski definition) is 1. The number of hydrogen-bond acceptors (Lipinski definition) is 3. The normalized spacial score (nSPS) is 13.8. The first-order valence-corrected chi connectivity index (χ1v) is 6.54. The van der Waals surface area contributed by atoms with Crippen LogP contribution in [0, 0.1) is 0 Å². The molecular formula is C15H15ClN4. The van der Waals surface area contributed by atoms with E-state index in [-0.39, 0.29) is 12.4 Å². The van der Waals surface area contributed by atoms with Crippen molar-refractivity contribution in [3.63, 3.8) is 0 Å². The molecule has 0 unspecified atom stereocenters. The predicted molar refractivity (Wildman–Crippen MR) is 81.1 cm³/mol. The van der Waals surface area contributed by atoms with Crippen LogP contribution in [0.5, 0.6) is 0 Å². The van der Waals surface area contributed by atoms with Crippen molar-refractivity contribution in [2.24, 2.45) is 0 Å². The number of rotatable bonds is 1. The van der Waals surface area contributed by atoms with Gasteiger partial charge in [-0.1, -0.05) is 30.3 Å². The van der Waals surface area contributed by atoms with E-state index in [1.165, 1.54) is 11.3 Å². The van der Waals surface area contributed by atoms with Crippen molar-refractivity contribution in [2.75, 3.05) is 6.54 Å². The lowest BCUT2D eigenvalue weighted by Crippen LogP contribution is -2.25. The summed E-state index contributed by atoms with van der Waals surface area (Å²) in [6, 6.07) is 12.3. The van der Waals surface area contributed by atoms with Crippen molar-refractivity contribution in [1.82, 2.24) is 19.9 Å². The fourth-order valence-electron chi connectivity index (χ4n) is 2.54. The molecule has 0 aliphatic carbocycles. The van der Waals surface area contributed by atoms with Crippen molar-refractivity contribution in [1.29, 1.82) is 0 Å². The van der Waals surface area contributed by atoms with Gasteiger partial charge in [-0.2, -0.15) is 5.10 Å². The Balaban J connectivity index is 0.00000121. The van der Waals surface area contributed by atoms with Gasteiger partial charge < -0.3 is 5.32 Å². The van der Waals surface area contributed by atoms with Gasteiger partial charge in [-0.15, -0.1) is 12.4 Å². The quantitative estimate of drug-likeness (QED) is 0.747. The van der Waals surface area contributed by atoms with Crippen LogP contribution < -0.4 is 5.32 Å². The first-order chi connectivity index (χ1) is 9.40. The van der Waals surface area contributed by atoms with Gasteiger partial charge in [0.15, 0.2) is 5.65 Å². The minimum Gasteiger partial charge on any atom is -0.312 e. The topological polar surface area (TPSA) is 42.2 Å². The summed E-state index contributed by atoms with van der Waals surface area (Å²) in [5.74, 6) is 0. The predicted octanol–water partition coefficient (Wildman–Crippen LogP) is 2.46. The third kappa shape index (κ3) is 2.17. The van der Waals surface area contributed by atoms with Gasteiger partial charge in [0.05, 0.1) is 11.4 Å². The fraction of sp³-hybridized carbons (Fsp3) is 0.200. The maximum absolute atomic E-state index is 4.72. The van der Waals surface area contributed by atoms with E-state index in [9.17, 15) is 0 Å². The molecule has 4 rings (SSSR count). The van der Waals surface area contributed by atoms with Gasteiger partial charge >= 0.3 is 0 Å². The lowest BCUT2D eigenvalue weighted by molar-refractivity contribution is 0.624. The fourth-order valence-corrected chi connectivity index (χ4v) is 2.54. The number of benzene rings is 1. The summed E-state index contributed by atoms with van der Waals surface area (Å²) in [6.07, 6.45) is 3.09. The highest BCUT2D eigenvalue weighted by atomic mass is 35.5. The van der Waals surface area contributed by atoms with Crippen LogP contribution in [-0.4, -0.2) is 21.1 Å². The monoisotopic (exact) mass is 286 g/mol. The molecule has 0 spiro atoms. The maximum Gasteiger partial charge on any atom is 0.155 e. The van der Waals surface area contributed by atoms with Crippen molar-refractivity contribution in [3.8, 4) is 11.3 Å². The van der Waals surface area contributed by atoms with Gasteiger partial charge in [-0.25, -0.2) is 9.50 Å². The summed E-state index contributed by atoms with van der Waals surface area (Å²) in [5.41, 5.74) is 5.49. The first-order valence-electron chi connectivity index (χ1n) is 6.54. The van der Waals surface area contributed by atoms with Gasteiger partial charge in [0, 0.05) is 42.9 Å². The van der Waals surface area contributed by atoms with Crippen molar-refractivity contribution < 1.29 is 0 Å². The molecule has 1 aromatic carbocycles. The Bertz CT molecular complexity index is 693. The van der Waals surface area contributed by atoms with Gasteiger partial charge in [-0.05, 0) is 0 Å². The second-order valence-corrected chi connectivity index (χ2v) is 4.84. The molecule has 1 aliphatic rings. The van der Waals surface area contributed by atoms with E-state index in [1.807, 2.05) is 22.7 Å². The van der Waals surface area contributed by atoms with Crippen LogP contribution >= 0.6 is 12.4 Å². The van der Waals surface area contributed by atoms with Gasteiger partial charge in [0.25, 0.3) is 0 Å². The maximum atomic E-state index is 4.72. The number of halogens is 1. The van der Waals surface area contributed by atoms with E-state index in [0.717, 1.165) is 36.4 Å². The minimum absolute atomic E-state index is 0. The molecule has 0 amide bonds. The molecule has 3 aromatic rings. The van der Waals surface area contributed by atoms with E-state index in [2.05, 4.69) is 34.8 Å². The molecule has 102 valence electrons. The lowest BCUT2D eigenvalue weighted by Gasteiger charge is -2.15. The molecule has 0 saturated carbocycles. The zero-order chi connectivity index (χ0) is 12.7. The van der Waals surface area contributed by atoms with E-state index >= 15 is 0 Å². The molecule has 0 saturated heterocycles. The van der Waals surface area contributed by atoms with Crippen LogP contribution in [0.25, 0.3) is 16.9 Å². The summed E-state index contributed by atoms with van der Waals surface area (Å²) >= 11 is 0. The minimum atomic E-state index is 0. The molecule has 1 aliphatic heterocycles. The third-order valence-electron chi connectivity index (χ3n) is 3.54. The molecule has 0 atom stereocenters. The Labute approximate surface area is 123 Å². The van der Waals surface area contributed by atoms with Gasteiger partial charge in [-0.3, -0.25) is 0 Å². The van der Waals surface area contributed by atoms with Crippen molar-refractivity contribution >= 4 is 18.1 Å². The smallest absolute Gasteiger partial charge is 0.155 e. The van der Waals surface area contributed by atoms with E-state index in [0.29, 0.717) is 0 Å². The van der Waals surface area contributed by atoms with Crippen molar-refractivity contribution in [3.05, 3.63) is 53.9 Å². The largest absolute Gasteiger partial charge is 0.312 e. The molecule has 0 fully saturated rings. The first kappa shape index (κ1) is 13.1. The summed E-state index contributed by atoms with van der Waals surface area (Å²) in [5, 5.41) is 7.98. The summed E-state index contributed by atoms with van der Waals surface area (Å²) in [7, 11) is 0. The zero-order valence-electron chi connectivity index (χ0n) is 10.9. The number of nitrogens with zero attached hydrogens (tertiary/aromatic N) is 3. The molecule has 4 nitrogen and oxygen atoms in total. The Morgan fingerprint density at radius 1 is 1.15 bits per heavy atom. The lowest BCUT2D eigenvalue weighted by atomic mass is 10.1. The van der Waals surface area contributed by atoms with Gasteiger partial charge in [0.1, 0.15) is 0 Å². The molecule has 2 aromatic heterocycles. The molecule has 3 heterocycles. The molecule has 5 heteroatoms. The molecule has 0 bridgehead atoms. The molecule has 1 N–H and O–H groups in total. The van der Waals surface area contributed by atoms with Crippen LogP contribution in [0.15, 0.2) is 42.6 Å². The summed E-state index contributed by atoms with van der Waals surface area (Å²) < 4.78 is 1.88. The van der Waals surface area contributed by atoms with Crippen molar-refractivity contribution in [2.45, 2.75) is 13.0 Å². The number of nitrogens with one attached hydrogen (secondary N) is 1. The number of fused-ring (bicyclic) bond motifs is 2. The third-order valence-corrected chi connectivity index (χ3v) is 3.54.